The number of carboxylic acid groups (broad SMARTS) is 1. The first-order valence-corrected chi connectivity index (χ1v) is 5.62. The molecule has 0 atom stereocenters. The van der Waals surface area contributed by atoms with Gasteiger partial charge in [0.1, 0.15) is 5.82 Å². The first-order chi connectivity index (χ1) is 8.16. The number of carboxylic acids is 1. The van der Waals surface area contributed by atoms with Crippen molar-refractivity contribution in [3.63, 3.8) is 0 Å². The van der Waals surface area contributed by atoms with Crippen molar-refractivity contribution >= 4 is 11.7 Å². The summed E-state index contributed by atoms with van der Waals surface area (Å²) in [5.74, 6) is 0.223. The van der Waals surface area contributed by atoms with E-state index < -0.39 is 5.97 Å². The Balaban J connectivity index is 2.27. The molecule has 6 heteroatoms. The number of aromatic nitrogens is 4. The third-order valence-electron chi connectivity index (χ3n) is 3.25. The molecule has 0 radical (unpaired) electrons. The maximum atomic E-state index is 11.4. The van der Waals surface area contributed by atoms with Gasteiger partial charge in [0, 0.05) is 11.8 Å². The molecule has 0 aliphatic heterocycles. The quantitative estimate of drug-likeness (QED) is 0.846. The van der Waals surface area contributed by atoms with Crippen LogP contribution in [0.1, 0.15) is 47.1 Å². The van der Waals surface area contributed by atoms with Crippen molar-refractivity contribution in [1.82, 2.24) is 19.6 Å². The molecule has 6 nitrogen and oxygen atoms in total. The minimum absolute atomic E-state index is 0.209. The van der Waals surface area contributed by atoms with E-state index in [-0.39, 0.29) is 5.69 Å². The fraction of sp³-hybridized carbons (Fsp3) is 0.455. The minimum Gasteiger partial charge on any atom is -0.476 e. The molecular weight excluding hydrogens is 220 g/mol. The second-order valence-electron chi connectivity index (χ2n) is 4.37. The highest BCUT2D eigenvalue weighted by Gasteiger charge is 2.27. The number of hydrogen-bond donors (Lipinski definition) is 1. The summed E-state index contributed by atoms with van der Waals surface area (Å²) < 4.78 is 1.34. The Kier molecular flexibility index (Phi) is 2.10. The van der Waals surface area contributed by atoms with Crippen molar-refractivity contribution in [3.8, 4) is 0 Å². The van der Waals surface area contributed by atoms with Crippen molar-refractivity contribution in [3.05, 3.63) is 23.3 Å². The number of nitrogens with zero attached hydrogens (tertiary/aromatic N) is 4. The average Bonchev–Trinajstić information content (AvgIpc) is 2.54. The zero-order valence-corrected chi connectivity index (χ0v) is 9.42. The van der Waals surface area contributed by atoms with E-state index in [0.29, 0.717) is 17.5 Å². The predicted molar refractivity (Wildman–Crippen MR) is 59.1 cm³/mol. The van der Waals surface area contributed by atoms with Crippen molar-refractivity contribution < 1.29 is 9.90 Å². The molecule has 1 aliphatic carbocycles. The van der Waals surface area contributed by atoms with E-state index in [1.807, 2.05) is 0 Å². The lowest BCUT2D eigenvalue weighted by molar-refractivity contribution is 0.0684. The summed E-state index contributed by atoms with van der Waals surface area (Å²) in [6, 6.07) is 0. The Bertz CT molecular complexity index is 601. The summed E-state index contributed by atoms with van der Waals surface area (Å²) in [4.78, 5) is 19.6. The van der Waals surface area contributed by atoms with Gasteiger partial charge in [-0.2, -0.15) is 9.50 Å². The Morgan fingerprint density at radius 3 is 2.88 bits per heavy atom. The Labute approximate surface area is 97.3 Å². The van der Waals surface area contributed by atoms with Crippen LogP contribution in [-0.4, -0.2) is 30.7 Å². The molecule has 1 fully saturated rings. The van der Waals surface area contributed by atoms with Gasteiger partial charge in [0.25, 0.3) is 5.78 Å². The van der Waals surface area contributed by atoms with Crippen LogP contribution in [0.15, 0.2) is 6.20 Å². The second kappa shape index (κ2) is 3.51. The number of aromatic carboxylic acids is 1. The third kappa shape index (κ3) is 1.48. The van der Waals surface area contributed by atoms with Crippen LogP contribution in [0.5, 0.6) is 0 Å². The van der Waals surface area contributed by atoms with Gasteiger partial charge in [0.2, 0.25) is 0 Å². The smallest absolute Gasteiger partial charge is 0.355 e. The van der Waals surface area contributed by atoms with Crippen molar-refractivity contribution in [2.24, 2.45) is 0 Å². The molecule has 2 heterocycles. The molecule has 3 rings (SSSR count). The number of fused-ring (bicyclic) bond motifs is 1. The normalized spacial score (nSPS) is 16.1. The zero-order chi connectivity index (χ0) is 12.0. The van der Waals surface area contributed by atoms with Gasteiger partial charge in [0.05, 0.1) is 0 Å². The van der Waals surface area contributed by atoms with Gasteiger partial charge in [-0.15, -0.1) is 5.10 Å². The van der Waals surface area contributed by atoms with E-state index in [9.17, 15) is 9.90 Å². The molecule has 0 amide bonds. The number of aryl methyl sites for hydroxylation is 1. The van der Waals surface area contributed by atoms with Crippen LogP contribution in [0.3, 0.4) is 0 Å². The lowest BCUT2D eigenvalue weighted by atomic mass is 9.80. The van der Waals surface area contributed by atoms with Crippen molar-refractivity contribution in [2.75, 3.05) is 0 Å². The van der Waals surface area contributed by atoms with Crippen LogP contribution in [0.2, 0.25) is 0 Å². The standard InChI is InChI=1S/C11H12N4O2/c1-6-13-11-12-5-8(7-3-2-4-7)9(10(16)17)15(11)14-6/h5,7H,2-4H2,1H3,(H,16,17). The van der Waals surface area contributed by atoms with E-state index in [1.54, 1.807) is 13.1 Å². The lowest BCUT2D eigenvalue weighted by Crippen LogP contribution is -2.18. The van der Waals surface area contributed by atoms with Crippen molar-refractivity contribution in [1.29, 1.82) is 0 Å². The van der Waals surface area contributed by atoms with Gasteiger partial charge in [-0.25, -0.2) is 9.78 Å². The summed E-state index contributed by atoms with van der Waals surface area (Å²) in [5, 5.41) is 13.4. The van der Waals surface area contributed by atoms with Gasteiger partial charge in [0.15, 0.2) is 5.69 Å². The molecule has 1 N–H and O–H groups in total. The molecule has 0 saturated heterocycles. The highest BCUT2D eigenvalue weighted by atomic mass is 16.4. The fourth-order valence-corrected chi connectivity index (χ4v) is 2.18. The minimum atomic E-state index is -0.968. The molecule has 1 aliphatic rings. The van der Waals surface area contributed by atoms with E-state index in [1.165, 1.54) is 4.52 Å². The van der Waals surface area contributed by atoms with Gasteiger partial charge >= 0.3 is 5.97 Å². The largest absolute Gasteiger partial charge is 0.476 e. The predicted octanol–water partition coefficient (Wildman–Crippen LogP) is 1.40. The third-order valence-corrected chi connectivity index (χ3v) is 3.25. The maximum Gasteiger partial charge on any atom is 0.355 e. The Hall–Kier alpha value is -1.98. The first-order valence-electron chi connectivity index (χ1n) is 5.62. The van der Waals surface area contributed by atoms with Crippen LogP contribution in [0.4, 0.5) is 0 Å². The number of hydrogen-bond acceptors (Lipinski definition) is 4. The van der Waals surface area contributed by atoms with Gasteiger partial charge < -0.3 is 5.11 Å². The molecule has 0 bridgehead atoms. The molecule has 88 valence electrons. The monoisotopic (exact) mass is 232 g/mol. The van der Waals surface area contributed by atoms with Crippen LogP contribution in [0.25, 0.3) is 5.78 Å². The molecule has 1 saturated carbocycles. The summed E-state index contributed by atoms with van der Waals surface area (Å²) in [7, 11) is 0. The SMILES string of the molecule is Cc1nc2ncc(C3CCC3)c(C(=O)O)n2n1. The van der Waals surface area contributed by atoms with E-state index in [4.69, 9.17) is 0 Å². The molecule has 17 heavy (non-hydrogen) atoms. The lowest BCUT2D eigenvalue weighted by Gasteiger charge is -2.26. The molecule has 2 aromatic heterocycles. The van der Waals surface area contributed by atoms with Gasteiger partial charge in [-0.3, -0.25) is 0 Å². The maximum absolute atomic E-state index is 11.4. The summed E-state index contributed by atoms with van der Waals surface area (Å²) in [6.07, 6.45) is 4.84. The summed E-state index contributed by atoms with van der Waals surface area (Å²) in [5.41, 5.74) is 0.987. The van der Waals surface area contributed by atoms with Crippen LogP contribution in [-0.2, 0) is 0 Å². The topological polar surface area (TPSA) is 80.4 Å². The number of carbonyl (C=O) groups is 1. The molecule has 2 aromatic rings. The Morgan fingerprint density at radius 2 is 2.29 bits per heavy atom. The van der Waals surface area contributed by atoms with Gasteiger partial charge in [-0.1, -0.05) is 6.42 Å². The first kappa shape index (κ1) is 10.2. The average molecular weight is 232 g/mol. The van der Waals surface area contributed by atoms with Crippen LogP contribution >= 0.6 is 0 Å². The molecule has 0 unspecified atom stereocenters. The molecule has 0 aromatic carbocycles. The molecular formula is C11H12N4O2. The number of rotatable bonds is 2. The van der Waals surface area contributed by atoms with E-state index >= 15 is 0 Å². The fourth-order valence-electron chi connectivity index (χ4n) is 2.18. The molecule has 0 spiro atoms. The second-order valence-corrected chi connectivity index (χ2v) is 4.37. The van der Waals surface area contributed by atoms with Crippen molar-refractivity contribution in [2.45, 2.75) is 32.1 Å². The van der Waals surface area contributed by atoms with Crippen LogP contribution in [0, 0.1) is 6.92 Å². The summed E-state index contributed by atoms with van der Waals surface area (Å²) in [6.45, 7) is 1.73. The van der Waals surface area contributed by atoms with E-state index in [2.05, 4.69) is 15.1 Å². The van der Waals surface area contributed by atoms with Crippen LogP contribution < -0.4 is 0 Å². The zero-order valence-electron chi connectivity index (χ0n) is 9.42. The Morgan fingerprint density at radius 1 is 1.53 bits per heavy atom. The highest BCUT2D eigenvalue weighted by Crippen LogP contribution is 2.37. The highest BCUT2D eigenvalue weighted by molar-refractivity contribution is 5.88. The van der Waals surface area contributed by atoms with E-state index in [0.717, 1.165) is 24.8 Å². The van der Waals surface area contributed by atoms with Gasteiger partial charge in [-0.05, 0) is 25.7 Å². The summed E-state index contributed by atoms with van der Waals surface area (Å²) >= 11 is 0.